The summed E-state index contributed by atoms with van der Waals surface area (Å²) in [4.78, 5) is 0. The lowest BCUT2D eigenvalue weighted by Crippen LogP contribution is -2.45. The molecule has 0 fully saturated rings. The van der Waals surface area contributed by atoms with Crippen LogP contribution in [0.15, 0.2) is 24.3 Å². The van der Waals surface area contributed by atoms with Crippen LogP contribution in [0.3, 0.4) is 0 Å². The van der Waals surface area contributed by atoms with Crippen molar-refractivity contribution in [2.45, 2.75) is 128 Å². The average molecular weight is 691 g/mol. The predicted octanol–water partition coefficient (Wildman–Crippen LogP) is 5.05. The van der Waals surface area contributed by atoms with Crippen LogP contribution in [0.1, 0.15) is 90.4 Å². The van der Waals surface area contributed by atoms with Gasteiger partial charge < -0.3 is 8.85 Å². The molecule has 0 aliphatic heterocycles. The zero-order chi connectivity index (χ0) is 34.7. The van der Waals surface area contributed by atoms with Gasteiger partial charge in [0.1, 0.15) is 22.7 Å². The second kappa shape index (κ2) is 14.4. The molecule has 2 aromatic heterocycles. The summed E-state index contributed by atoms with van der Waals surface area (Å²) in [7, 11) is -11.9. The lowest BCUT2D eigenvalue weighted by atomic mass is 10.2. The molecule has 4 N–H and O–H groups in total. The van der Waals surface area contributed by atoms with Crippen LogP contribution in [-0.2, 0) is 28.9 Å². The fourth-order valence-electron chi connectivity index (χ4n) is 3.25. The average Bonchev–Trinajstić information content (AvgIpc) is 2.84. The highest BCUT2D eigenvalue weighted by molar-refractivity contribution is 7.90. The Morgan fingerprint density at radius 2 is 0.886 bits per heavy atom. The fourth-order valence-corrected chi connectivity index (χ4v) is 7.15. The standard InChI is InChI=1S/2C14H27N3O3SSi/c2*1-10-8-9-12(17-16-10)13(11(2)21(15,18)19)20-22(6,7)14(3,4)5/h2*8-9,11,13H,1-7H3,(H2,15,18,19)/t2*11-,13-/m00/s1. The van der Waals surface area contributed by atoms with Gasteiger partial charge in [0.2, 0.25) is 20.0 Å². The molecule has 0 aliphatic rings. The lowest BCUT2D eigenvalue weighted by Gasteiger charge is -2.40. The minimum absolute atomic E-state index is 0.0541. The molecule has 0 bridgehead atoms. The van der Waals surface area contributed by atoms with Gasteiger partial charge in [-0.15, -0.1) is 0 Å². The summed E-state index contributed by atoms with van der Waals surface area (Å²) in [6.45, 7) is 27.6. The van der Waals surface area contributed by atoms with E-state index >= 15 is 0 Å². The molecule has 0 saturated heterocycles. The van der Waals surface area contributed by atoms with Crippen LogP contribution < -0.4 is 10.3 Å². The first kappa shape index (κ1) is 40.4. The smallest absolute Gasteiger partial charge is 0.214 e. The van der Waals surface area contributed by atoms with E-state index in [4.69, 9.17) is 19.1 Å². The van der Waals surface area contributed by atoms with Crippen molar-refractivity contribution in [3.63, 3.8) is 0 Å². The minimum atomic E-state index is -3.75. The normalized spacial score (nSPS) is 16.4. The number of nitrogens with two attached hydrogens (primary N) is 2. The van der Waals surface area contributed by atoms with Crippen molar-refractivity contribution < 1.29 is 25.7 Å². The van der Waals surface area contributed by atoms with Crippen molar-refractivity contribution in [3.8, 4) is 0 Å². The van der Waals surface area contributed by atoms with Crippen LogP contribution in [0.2, 0.25) is 36.3 Å². The molecule has 0 saturated carbocycles. The summed E-state index contributed by atoms with van der Waals surface area (Å²) < 4.78 is 59.8. The van der Waals surface area contributed by atoms with Crippen LogP contribution in [0, 0.1) is 13.8 Å². The van der Waals surface area contributed by atoms with Gasteiger partial charge in [0, 0.05) is 0 Å². The summed E-state index contributed by atoms with van der Waals surface area (Å²) in [5.74, 6) is 0. The largest absolute Gasteiger partial charge is 0.407 e. The quantitative estimate of drug-likeness (QED) is 0.319. The molecule has 0 aliphatic carbocycles. The van der Waals surface area contributed by atoms with Crippen LogP contribution in [0.4, 0.5) is 0 Å². The first-order valence-electron chi connectivity index (χ1n) is 14.5. The molecule has 0 amide bonds. The fraction of sp³-hybridized carbons (Fsp3) is 0.714. The summed E-state index contributed by atoms with van der Waals surface area (Å²) >= 11 is 0. The third kappa shape index (κ3) is 11.3. The molecular weight excluding hydrogens is 637 g/mol. The molecule has 0 spiro atoms. The topological polar surface area (TPSA) is 190 Å². The highest BCUT2D eigenvalue weighted by Gasteiger charge is 2.44. The number of hydrogen-bond donors (Lipinski definition) is 2. The molecular formula is C28H54N6O6S2Si2. The summed E-state index contributed by atoms with van der Waals surface area (Å²) in [6.07, 6.45) is -1.44. The van der Waals surface area contributed by atoms with Gasteiger partial charge in [0.25, 0.3) is 0 Å². The molecule has 4 atom stereocenters. The third-order valence-corrected chi connectivity index (χ3v) is 20.0. The maximum absolute atomic E-state index is 11.8. The molecule has 0 unspecified atom stereocenters. The van der Waals surface area contributed by atoms with Crippen LogP contribution in [-0.4, -0.2) is 64.4 Å². The van der Waals surface area contributed by atoms with Gasteiger partial charge >= 0.3 is 0 Å². The Labute approximate surface area is 267 Å². The van der Waals surface area contributed by atoms with Gasteiger partial charge in [0.05, 0.1) is 22.8 Å². The molecule has 252 valence electrons. The molecule has 2 aromatic rings. The van der Waals surface area contributed by atoms with Crippen molar-refractivity contribution in [1.82, 2.24) is 20.4 Å². The molecule has 2 heterocycles. The maximum atomic E-state index is 11.8. The highest BCUT2D eigenvalue weighted by Crippen LogP contribution is 2.42. The first-order valence-corrected chi connectivity index (χ1v) is 23.5. The lowest BCUT2D eigenvalue weighted by molar-refractivity contribution is 0.175. The van der Waals surface area contributed by atoms with Crippen LogP contribution in [0.5, 0.6) is 0 Å². The zero-order valence-electron chi connectivity index (χ0n) is 28.8. The van der Waals surface area contributed by atoms with Crippen LogP contribution >= 0.6 is 0 Å². The zero-order valence-corrected chi connectivity index (χ0v) is 32.5. The molecule has 2 rings (SSSR count). The number of hydrogen-bond acceptors (Lipinski definition) is 10. The van der Waals surface area contributed by atoms with E-state index < -0.39 is 59.4 Å². The predicted molar refractivity (Wildman–Crippen MR) is 181 cm³/mol. The van der Waals surface area contributed by atoms with E-state index in [0.717, 1.165) is 11.4 Å². The minimum Gasteiger partial charge on any atom is -0.407 e. The van der Waals surface area contributed by atoms with E-state index in [-0.39, 0.29) is 10.1 Å². The number of nitrogens with zero attached hydrogens (tertiary/aromatic N) is 4. The van der Waals surface area contributed by atoms with Crippen molar-refractivity contribution >= 4 is 36.7 Å². The van der Waals surface area contributed by atoms with Gasteiger partial charge in [-0.1, -0.05) is 41.5 Å². The van der Waals surface area contributed by atoms with E-state index in [9.17, 15) is 16.8 Å². The summed E-state index contributed by atoms with van der Waals surface area (Å²) in [6, 6.07) is 7.09. The second-order valence-electron chi connectivity index (χ2n) is 14.4. The van der Waals surface area contributed by atoms with Gasteiger partial charge in [-0.25, -0.2) is 27.1 Å². The summed E-state index contributed by atoms with van der Waals surface area (Å²) in [5.41, 5.74) is 2.52. The monoisotopic (exact) mass is 690 g/mol. The van der Waals surface area contributed by atoms with Gasteiger partial charge in [-0.2, -0.15) is 20.4 Å². The van der Waals surface area contributed by atoms with Gasteiger partial charge in [0.15, 0.2) is 16.6 Å². The van der Waals surface area contributed by atoms with Gasteiger partial charge in [-0.05, 0) is 88.2 Å². The van der Waals surface area contributed by atoms with Crippen molar-refractivity contribution in [3.05, 3.63) is 47.0 Å². The molecule has 44 heavy (non-hydrogen) atoms. The molecule has 16 heteroatoms. The van der Waals surface area contributed by atoms with E-state index in [1.54, 1.807) is 38.1 Å². The molecule has 0 radical (unpaired) electrons. The van der Waals surface area contributed by atoms with E-state index in [1.807, 2.05) is 13.8 Å². The maximum Gasteiger partial charge on any atom is 0.214 e. The number of sulfonamides is 2. The third-order valence-electron chi connectivity index (χ3n) is 8.56. The SMILES string of the molecule is Cc1ccc([C@@H](O[Si](C)(C)C(C)(C)C)[C@H](C)S(N)(=O)=O)nn1.Cc1ccc([C@@H](O[Si](C)(C)C(C)(C)C)[C@H](C)S(N)(=O)=O)nn1. The highest BCUT2D eigenvalue weighted by atomic mass is 32.2. The molecule has 12 nitrogen and oxygen atoms in total. The first-order chi connectivity index (χ1) is 19.5. The Morgan fingerprint density at radius 1 is 0.614 bits per heavy atom. The summed E-state index contributed by atoms with van der Waals surface area (Å²) in [5, 5.41) is 25.0. The van der Waals surface area contributed by atoms with Crippen molar-refractivity contribution in [1.29, 1.82) is 0 Å². The Morgan fingerprint density at radius 3 is 1.07 bits per heavy atom. The second-order valence-corrected chi connectivity index (χ2v) is 27.7. The number of aromatic nitrogens is 4. The van der Waals surface area contributed by atoms with Crippen molar-refractivity contribution in [2.75, 3.05) is 0 Å². The Balaban J connectivity index is 0.000000440. The van der Waals surface area contributed by atoms with E-state index in [1.165, 1.54) is 0 Å². The van der Waals surface area contributed by atoms with Gasteiger partial charge in [-0.3, -0.25) is 0 Å². The van der Waals surface area contributed by atoms with Crippen LogP contribution in [0.25, 0.3) is 0 Å². The Hall–Kier alpha value is -1.67. The van der Waals surface area contributed by atoms with E-state index in [0.29, 0.717) is 11.4 Å². The van der Waals surface area contributed by atoms with Crippen molar-refractivity contribution in [2.24, 2.45) is 10.3 Å². The number of primary sulfonamides is 2. The molecule has 0 aromatic carbocycles. The Kier molecular flexibility index (Phi) is 13.2. The Bertz CT molecular complexity index is 1330. The number of rotatable bonds is 10. The van der Waals surface area contributed by atoms with E-state index in [2.05, 4.69) is 88.1 Å². The number of aryl methyl sites for hydroxylation is 2.